The van der Waals surface area contributed by atoms with E-state index in [1.165, 1.54) is 12.1 Å². The van der Waals surface area contributed by atoms with Gasteiger partial charge in [0.1, 0.15) is 5.75 Å². The Kier molecular flexibility index (Phi) is 3.74. The highest BCUT2D eigenvalue weighted by molar-refractivity contribution is 9.10. The van der Waals surface area contributed by atoms with Crippen LogP contribution in [0.15, 0.2) is 22.7 Å². The van der Waals surface area contributed by atoms with E-state index in [1.54, 1.807) is 0 Å². The van der Waals surface area contributed by atoms with Crippen LogP contribution in [0.2, 0.25) is 0 Å². The number of benzene rings is 1. The minimum atomic E-state index is -3.11. The van der Waals surface area contributed by atoms with Gasteiger partial charge < -0.3 is 4.74 Å². The van der Waals surface area contributed by atoms with Gasteiger partial charge in [-0.1, -0.05) is 22.0 Å². The molecule has 0 amide bonds. The van der Waals surface area contributed by atoms with Crippen molar-refractivity contribution in [2.45, 2.75) is 13.0 Å². The van der Waals surface area contributed by atoms with Gasteiger partial charge >= 0.3 is 6.61 Å². The highest BCUT2D eigenvalue weighted by atomic mass is 79.9. The van der Waals surface area contributed by atoms with E-state index in [4.69, 9.17) is 0 Å². The molecular formula is C8H5BrF4O. The van der Waals surface area contributed by atoms with Gasteiger partial charge in [-0.25, -0.2) is 8.78 Å². The van der Waals surface area contributed by atoms with Crippen molar-refractivity contribution in [2.24, 2.45) is 0 Å². The molecule has 0 spiro atoms. The second-order valence-corrected chi connectivity index (χ2v) is 3.19. The predicted octanol–water partition coefficient (Wildman–Crippen LogP) is 3.99. The zero-order chi connectivity index (χ0) is 10.7. The first kappa shape index (κ1) is 11.3. The smallest absolute Gasteiger partial charge is 0.387 e. The van der Waals surface area contributed by atoms with E-state index in [-0.39, 0.29) is 4.47 Å². The minimum absolute atomic E-state index is 0.0469. The van der Waals surface area contributed by atoms with Crippen molar-refractivity contribution in [3.05, 3.63) is 28.2 Å². The average molecular weight is 273 g/mol. The summed E-state index contributed by atoms with van der Waals surface area (Å²) >= 11 is 2.83. The fraction of sp³-hybridized carbons (Fsp3) is 0.250. The third-order valence-electron chi connectivity index (χ3n) is 1.45. The molecule has 0 fully saturated rings. The van der Waals surface area contributed by atoms with E-state index in [9.17, 15) is 17.6 Å². The summed E-state index contributed by atoms with van der Waals surface area (Å²) in [5.41, 5.74) is -0.562. The summed E-state index contributed by atoms with van der Waals surface area (Å²) < 4.78 is 52.4. The first-order valence-electron chi connectivity index (χ1n) is 3.53. The topological polar surface area (TPSA) is 9.23 Å². The Balaban J connectivity index is 3.08. The Morgan fingerprint density at radius 1 is 1.14 bits per heavy atom. The normalized spacial score (nSPS) is 11.1. The van der Waals surface area contributed by atoms with Gasteiger partial charge in [-0.15, -0.1) is 0 Å². The third-order valence-corrected chi connectivity index (χ3v) is 2.14. The van der Waals surface area contributed by atoms with Crippen molar-refractivity contribution in [1.82, 2.24) is 0 Å². The van der Waals surface area contributed by atoms with Gasteiger partial charge in [0.15, 0.2) is 0 Å². The van der Waals surface area contributed by atoms with Crippen LogP contribution < -0.4 is 4.74 Å². The molecule has 0 aliphatic carbocycles. The number of halogens is 5. The molecule has 0 radical (unpaired) electrons. The lowest BCUT2D eigenvalue weighted by Crippen LogP contribution is -2.05. The maximum atomic E-state index is 12.4. The van der Waals surface area contributed by atoms with Crippen molar-refractivity contribution in [1.29, 1.82) is 0 Å². The lowest BCUT2D eigenvalue weighted by molar-refractivity contribution is -0.0520. The summed E-state index contributed by atoms with van der Waals surface area (Å²) in [6.07, 6.45) is -2.86. The SMILES string of the molecule is FC(F)Oc1cccc(Br)c1C(F)F. The first-order valence-corrected chi connectivity index (χ1v) is 4.33. The Labute approximate surface area is 85.8 Å². The zero-order valence-electron chi connectivity index (χ0n) is 6.68. The molecule has 0 saturated heterocycles. The van der Waals surface area contributed by atoms with E-state index in [2.05, 4.69) is 20.7 Å². The average Bonchev–Trinajstić information content (AvgIpc) is 2.01. The number of hydrogen-bond donors (Lipinski definition) is 0. The molecule has 1 aromatic rings. The zero-order valence-corrected chi connectivity index (χ0v) is 8.27. The molecule has 0 heterocycles. The summed E-state index contributed by atoms with van der Waals surface area (Å²) in [7, 11) is 0. The number of alkyl halides is 4. The lowest BCUT2D eigenvalue weighted by Gasteiger charge is -2.11. The second-order valence-electron chi connectivity index (χ2n) is 2.33. The van der Waals surface area contributed by atoms with Gasteiger partial charge in [0, 0.05) is 4.47 Å². The molecule has 0 N–H and O–H groups in total. The van der Waals surface area contributed by atoms with Gasteiger partial charge in [-0.2, -0.15) is 8.78 Å². The van der Waals surface area contributed by atoms with Crippen molar-refractivity contribution in [3.8, 4) is 5.75 Å². The highest BCUT2D eigenvalue weighted by Gasteiger charge is 2.19. The summed E-state index contributed by atoms with van der Waals surface area (Å²) in [5.74, 6) is -0.510. The molecule has 0 bridgehead atoms. The molecule has 0 atom stereocenters. The Morgan fingerprint density at radius 2 is 1.79 bits per heavy atom. The maximum Gasteiger partial charge on any atom is 0.387 e. The third kappa shape index (κ3) is 2.60. The molecule has 0 aliphatic rings. The van der Waals surface area contributed by atoms with Crippen molar-refractivity contribution in [3.63, 3.8) is 0 Å². The van der Waals surface area contributed by atoms with Gasteiger partial charge in [0.2, 0.25) is 0 Å². The lowest BCUT2D eigenvalue weighted by atomic mass is 10.2. The van der Waals surface area contributed by atoms with Crippen LogP contribution >= 0.6 is 15.9 Å². The monoisotopic (exact) mass is 272 g/mol. The van der Waals surface area contributed by atoms with Crippen LogP contribution in [0.25, 0.3) is 0 Å². The van der Waals surface area contributed by atoms with Crippen LogP contribution in [0.5, 0.6) is 5.75 Å². The molecule has 0 unspecified atom stereocenters. The molecule has 1 aromatic carbocycles. The van der Waals surface area contributed by atoms with Gasteiger partial charge in [0.25, 0.3) is 6.43 Å². The Morgan fingerprint density at radius 3 is 2.29 bits per heavy atom. The number of hydrogen-bond acceptors (Lipinski definition) is 1. The maximum absolute atomic E-state index is 12.4. The van der Waals surface area contributed by atoms with Gasteiger partial charge in [-0.3, -0.25) is 0 Å². The van der Waals surface area contributed by atoms with Crippen LogP contribution in [-0.2, 0) is 0 Å². The van der Waals surface area contributed by atoms with E-state index < -0.39 is 24.3 Å². The molecule has 1 nitrogen and oxygen atoms in total. The van der Waals surface area contributed by atoms with E-state index in [0.29, 0.717) is 0 Å². The molecule has 6 heteroatoms. The summed E-state index contributed by atoms with van der Waals surface area (Å²) in [5, 5.41) is 0. The van der Waals surface area contributed by atoms with Crippen molar-refractivity contribution in [2.75, 3.05) is 0 Å². The van der Waals surface area contributed by atoms with Crippen LogP contribution in [0.1, 0.15) is 12.0 Å². The first-order chi connectivity index (χ1) is 6.52. The van der Waals surface area contributed by atoms with E-state index >= 15 is 0 Å². The minimum Gasteiger partial charge on any atom is -0.434 e. The van der Waals surface area contributed by atoms with Crippen LogP contribution in [0.3, 0.4) is 0 Å². The second kappa shape index (κ2) is 4.63. The fourth-order valence-electron chi connectivity index (χ4n) is 0.928. The molecule has 14 heavy (non-hydrogen) atoms. The van der Waals surface area contributed by atoms with E-state index in [0.717, 1.165) is 6.07 Å². The predicted molar refractivity (Wildman–Crippen MR) is 45.7 cm³/mol. The van der Waals surface area contributed by atoms with Crippen molar-refractivity contribution < 1.29 is 22.3 Å². The number of ether oxygens (including phenoxy) is 1. The van der Waals surface area contributed by atoms with E-state index in [1.807, 2.05) is 0 Å². The molecule has 1 rings (SSSR count). The summed E-state index contributed by atoms with van der Waals surface area (Å²) in [6, 6.07) is 3.74. The highest BCUT2D eigenvalue weighted by Crippen LogP contribution is 2.35. The Hall–Kier alpha value is -0.780. The standard InChI is InChI=1S/C8H5BrF4O/c9-4-2-1-3-5(14-8(12)13)6(4)7(10)11/h1-3,7-8H. The fourth-order valence-corrected chi connectivity index (χ4v) is 1.45. The summed E-state index contributed by atoms with van der Waals surface area (Å²) in [4.78, 5) is 0. The quantitative estimate of drug-likeness (QED) is 0.756. The summed E-state index contributed by atoms with van der Waals surface area (Å²) in [6.45, 7) is -3.11. The van der Waals surface area contributed by atoms with Gasteiger partial charge in [-0.05, 0) is 12.1 Å². The van der Waals surface area contributed by atoms with Crippen molar-refractivity contribution >= 4 is 15.9 Å². The molecule has 0 aliphatic heterocycles. The molecule has 0 aromatic heterocycles. The largest absolute Gasteiger partial charge is 0.434 e. The number of rotatable bonds is 3. The molecule has 0 saturated carbocycles. The van der Waals surface area contributed by atoms with Gasteiger partial charge in [0.05, 0.1) is 5.56 Å². The van der Waals surface area contributed by atoms with Crippen LogP contribution in [0.4, 0.5) is 17.6 Å². The van der Waals surface area contributed by atoms with Crippen LogP contribution in [-0.4, -0.2) is 6.61 Å². The van der Waals surface area contributed by atoms with Crippen LogP contribution in [0, 0.1) is 0 Å². The molecular weight excluding hydrogens is 268 g/mol. The molecule has 78 valence electrons. The Bertz CT molecular complexity index is 316.